The molecule has 0 radical (unpaired) electrons. The molecule has 3 aromatic carbocycles. The number of amides is 2. The molecule has 0 N–H and O–H groups in total. The smallest absolute Gasteiger partial charge is 0.254 e. The lowest BCUT2D eigenvalue weighted by atomic mass is 9.90. The van der Waals surface area contributed by atoms with E-state index in [1.54, 1.807) is 23.3 Å². The molecular weight excluding hydrogens is 492 g/mol. The van der Waals surface area contributed by atoms with Crippen LogP contribution < -0.4 is 0 Å². The summed E-state index contributed by atoms with van der Waals surface area (Å²) in [6, 6.07) is 27.9. The van der Waals surface area contributed by atoms with Crippen LogP contribution in [0.4, 0.5) is 0 Å². The molecule has 0 saturated carbocycles. The predicted molar refractivity (Wildman–Crippen MR) is 152 cm³/mol. The molecule has 1 atom stereocenters. The monoisotopic (exact) mass is 524 g/mol. The van der Waals surface area contributed by atoms with E-state index in [0.717, 1.165) is 28.7 Å². The number of aryl methyl sites for hydroxylation is 1. The Morgan fingerprint density at radius 3 is 2.37 bits per heavy atom. The summed E-state index contributed by atoms with van der Waals surface area (Å²) in [6.45, 7) is 3.42. The van der Waals surface area contributed by atoms with Crippen molar-refractivity contribution in [1.29, 1.82) is 0 Å². The zero-order chi connectivity index (χ0) is 26.5. The van der Waals surface area contributed by atoms with E-state index in [4.69, 9.17) is 4.74 Å². The lowest BCUT2D eigenvalue weighted by Crippen LogP contribution is -2.47. The molecule has 5 nitrogen and oxygen atoms in total. The molecule has 38 heavy (non-hydrogen) atoms. The van der Waals surface area contributed by atoms with Crippen LogP contribution in [-0.4, -0.2) is 55.0 Å². The zero-order valence-corrected chi connectivity index (χ0v) is 22.6. The van der Waals surface area contributed by atoms with E-state index < -0.39 is 0 Å². The van der Waals surface area contributed by atoms with Crippen molar-refractivity contribution in [3.8, 4) is 11.1 Å². The molecule has 2 heterocycles. The topological polar surface area (TPSA) is 49.9 Å². The summed E-state index contributed by atoms with van der Waals surface area (Å²) in [7, 11) is 1.61. The summed E-state index contributed by atoms with van der Waals surface area (Å²) >= 11 is 1.75. The van der Waals surface area contributed by atoms with Gasteiger partial charge in [-0.1, -0.05) is 66.7 Å². The number of thiophene rings is 1. The van der Waals surface area contributed by atoms with E-state index in [2.05, 4.69) is 30.5 Å². The largest absolute Gasteiger partial charge is 0.383 e. The van der Waals surface area contributed by atoms with Crippen molar-refractivity contribution in [2.75, 3.05) is 33.4 Å². The van der Waals surface area contributed by atoms with Gasteiger partial charge in [-0.25, -0.2) is 0 Å². The highest BCUT2D eigenvalue weighted by Gasteiger charge is 2.34. The number of nitrogens with zero attached hydrogens (tertiary/aromatic N) is 2. The number of ether oxygens (including phenoxy) is 1. The minimum atomic E-state index is -0.171. The average molecular weight is 525 g/mol. The minimum Gasteiger partial charge on any atom is -0.383 e. The van der Waals surface area contributed by atoms with Gasteiger partial charge in [0.15, 0.2) is 0 Å². The molecule has 1 aliphatic heterocycles. The van der Waals surface area contributed by atoms with E-state index >= 15 is 0 Å². The van der Waals surface area contributed by atoms with Crippen LogP contribution in [-0.2, 0) is 16.0 Å². The maximum absolute atomic E-state index is 13.9. The predicted octanol–water partition coefficient (Wildman–Crippen LogP) is 5.99. The third-order valence-corrected chi connectivity index (χ3v) is 8.18. The fourth-order valence-corrected chi connectivity index (χ4v) is 6.04. The van der Waals surface area contributed by atoms with E-state index in [9.17, 15) is 9.59 Å². The Morgan fingerprint density at radius 1 is 0.921 bits per heavy atom. The fraction of sp³-hybridized carbons (Fsp3) is 0.250. The van der Waals surface area contributed by atoms with E-state index in [1.807, 2.05) is 71.6 Å². The molecule has 4 aromatic rings. The van der Waals surface area contributed by atoms with Crippen molar-refractivity contribution in [3.05, 3.63) is 117 Å². The van der Waals surface area contributed by atoms with Gasteiger partial charge in [-0.2, -0.15) is 0 Å². The van der Waals surface area contributed by atoms with Crippen molar-refractivity contribution in [1.82, 2.24) is 9.80 Å². The van der Waals surface area contributed by atoms with Gasteiger partial charge in [0.1, 0.15) is 6.54 Å². The van der Waals surface area contributed by atoms with E-state index in [-0.39, 0.29) is 24.4 Å². The summed E-state index contributed by atoms with van der Waals surface area (Å²) in [4.78, 5) is 32.3. The standard InChI is InChI=1S/C32H32N2O3S/c1-23-8-6-7-11-27(23)31-28-17-21-38-29(28)16-18-34(31)30(35)22-33(19-20-37-2)32(36)26-14-12-25(13-15-26)24-9-4-3-5-10-24/h3-15,17,21,31H,16,18-20,22H2,1-2H3. The highest BCUT2D eigenvalue weighted by atomic mass is 32.1. The van der Waals surface area contributed by atoms with Gasteiger partial charge in [0.25, 0.3) is 5.91 Å². The van der Waals surface area contributed by atoms with Gasteiger partial charge in [0, 0.05) is 30.6 Å². The second-order valence-electron chi connectivity index (χ2n) is 9.56. The van der Waals surface area contributed by atoms with Crippen molar-refractivity contribution < 1.29 is 14.3 Å². The maximum atomic E-state index is 13.9. The van der Waals surface area contributed by atoms with Gasteiger partial charge < -0.3 is 14.5 Å². The Morgan fingerprint density at radius 2 is 1.63 bits per heavy atom. The second-order valence-corrected chi connectivity index (χ2v) is 10.6. The molecule has 1 aromatic heterocycles. The number of carbonyl (C=O) groups excluding carboxylic acids is 2. The fourth-order valence-electron chi connectivity index (χ4n) is 5.14. The lowest BCUT2D eigenvalue weighted by Gasteiger charge is -2.38. The molecule has 0 aliphatic carbocycles. The molecule has 5 rings (SSSR count). The highest BCUT2D eigenvalue weighted by molar-refractivity contribution is 7.10. The van der Waals surface area contributed by atoms with Crippen LogP contribution >= 0.6 is 11.3 Å². The van der Waals surface area contributed by atoms with Crippen molar-refractivity contribution >= 4 is 23.2 Å². The minimum absolute atomic E-state index is 0.00445. The Balaban J connectivity index is 1.39. The number of benzene rings is 3. The quantitative estimate of drug-likeness (QED) is 0.285. The molecule has 1 unspecified atom stereocenters. The number of rotatable bonds is 8. The van der Waals surface area contributed by atoms with E-state index in [1.165, 1.54) is 10.4 Å². The third-order valence-electron chi connectivity index (χ3n) is 7.19. The average Bonchev–Trinajstić information content (AvgIpc) is 3.44. The molecule has 6 heteroatoms. The number of fused-ring (bicyclic) bond motifs is 1. The van der Waals surface area contributed by atoms with Gasteiger partial charge in [0.05, 0.1) is 12.6 Å². The van der Waals surface area contributed by atoms with Crippen molar-refractivity contribution in [2.24, 2.45) is 0 Å². The first-order chi connectivity index (χ1) is 18.6. The van der Waals surface area contributed by atoms with Crippen molar-refractivity contribution in [3.63, 3.8) is 0 Å². The Kier molecular flexibility index (Phi) is 8.01. The van der Waals surface area contributed by atoms with Gasteiger partial charge >= 0.3 is 0 Å². The molecule has 1 aliphatic rings. The Bertz CT molecular complexity index is 1400. The highest BCUT2D eigenvalue weighted by Crippen LogP contribution is 2.39. The molecule has 0 spiro atoms. The molecular formula is C32H32N2O3S. The van der Waals surface area contributed by atoms with Crippen molar-refractivity contribution in [2.45, 2.75) is 19.4 Å². The second kappa shape index (κ2) is 11.8. The normalized spacial score (nSPS) is 14.7. The zero-order valence-electron chi connectivity index (χ0n) is 21.8. The van der Waals surface area contributed by atoms with Crippen LogP contribution in [0.5, 0.6) is 0 Å². The van der Waals surface area contributed by atoms with Crippen LogP contribution in [0.1, 0.15) is 38.0 Å². The summed E-state index contributed by atoms with van der Waals surface area (Å²) in [5, 5.41) is 2.11. The van der Waals surface area contributed by atoms with Crippen LogP contribution in [0.3, 0.4) is 0 Å². The number of hydrogen-bond donors (Lipinski definition) is 0. The molecule has 194 valence electrons. The van der Waals surface area contributed by atoms with Gasteiger partial charge in [-0.05, 0) is 64.7 Å². The first kappa shape index (κ1) is 25.9. The van der Waals surface area contributed by atoms with Crippen LogP contribution in [0, 0.1) is 6.92 Å². The summed E-state index contributed by atoms with van der Waals surface area (Å²) in [6.07, 6.45) is 0.827. The molecule has 2 amide bonds. The SMILES string of the molecule is COCCN(CC(=O)N1CCc2sccc2C1c1ccccc1C)C(=O)c1ccc(-c2ccccc2)cc1. The first-order valence-electron chi connectivity index (χ1n) is 12.9. The van der Waals surface area contributed by atoms with Crippen LogP contribution in [0.15, 0.2) is 90.3 Å². The number of methoxy groups -OCH3 is 1. The van der Waals surface area contributed by atoms with Gasteiger partial charge in [-0.3, -0.25) is 9.59 Å². The number of carbonyl (C=O) groups is 2. The Hall–Kier alpha value is -3.74. The van der Waals surface area contributed by atoms with Crippen LogP contribution in [0.25, 0.3) is 11.1 Å². The maximum Gasteiger partial charge on any atom is 0.254 e. The van der Waals surface area contributed by atoms with E-state index in [0.29, 0.717) is 25.3 Å². The van der Waals surface area contributed by atoms with Gasteiger partial charge in [-0.15, -0.1) is 11.3 Å². The summed E-state index contributed by atoms with van der Waals surface area (Å²) in [5.41, 5.74) is 6.17. The molecule has 0 saturated heterocycles. The third kappa shape index (κ3) is 5.42. The number of hydrogen-bond acceptors (Lipinski definition) is 4. The molecule has 0 bridgehead atoms. The lowest BCUT2D eigenvalue weighted by molar-refractivity contribution is -0.134. The summed E-state index contributed by atoms with van der Waals surface area (Å²) in [5.74, 6) is -0.226. The Labute approximate surface area is 228 Å². The van der Waals surface area contributed by atoms with Crippen LogP contribution in [0.2, 0.25) is 0 Å². The van der Waals surface area contributed by atoms with Gasteiger partial charge in [0.2, 0.25) is 5.91 Å². The first-order valence-corrected chi connectivity index (χ1v) is 13.8. The molecule has 0 fully saturated rings. The summed E-state index contributed by atoms with van der Waals surface area (Å²) < 4.78 is 5.29.